The van der Waals surface area contributed by atoms with E-state index in [4.69, 9.17) is 19.9 Å². The lowest BCUT2D eigenvalue weighted by molar-refractivity contribution is 1.07. The Morgan fingerprint density at radius 3 is 1.23 bits per heavy atom. The third kappa shape index (κ3) is 5.53. The molecule has 0 amide bonds. The Morgan fingerprint density at radius 2 is 0.650 bits per heavy atom. The predicted octanol–water partition coefficient (Wildman–Crippen LogP) is 14.5. The first-order valence-electron chi connectivity index (χ1n) is 20.3. The second-order valence-electron chi connectivity index (χ2n) is 15.3. The summed E-state index contributed by atoms with van der Waals surface area (Å²) in [7, 11) is 0. The Morgan fingerprint density at radius 1 is 0.233 bits per heavy atom. The van der Waals surface area contributed by atoms with Gasteiger partial charge >= 0.3 is 0 Å². The van der Waals surface area contributed by atoms with Gasteiger partial charge in [-0.05, 0) is 72.4 Å². The minimum atomic E-state index is 0.621. The van der Waals surface area contributed by atoms with Crippen LogP contribution in [0.4, 0.5) is 0 Å². The Balaban J connectivity index is 1.06. The number of benzene rings is 10. The number of fused-ring (bicyclic) bond motifs is 11. The SMILES string of the molecule is c1ccc(-c2nc(-c3ccccc3)nc(-c3ccc(-c4nc5ccccc5c5c4cc(-c4ccc6c7ccccc7c7ccccc7c6c4)c4ccccc45)cc3)n2)cc1. The van der Waals surface area contributed by atoms with Crippen LogP contribution in [0.25, 0.3) is 121 Å². The molecule has 12 aromatic rings. The largest absolute Gasteiger partial charge is 0.247 e. The summed E-state index contributed by atoms with van der Waals surface area (Å²) >= 11 is 0. The summed E-state index contributed by atoms with van der Waals surface area (Å²) in [6, 6.07) is 73.0. The van der Waals surface area contributed by atoms with Crippen LogP contribution in [-0.2, 0) is 0 Å². The number of para-hydroxylation sites is 1. The molecule has 60 heavy (non-hydrogen) atoms. The smallest absolute Gasteiger partial charge is 0.164 e. The summed E-state index contributed by atoms with van der Waals surface area (Å²) in [4.78, 5) is 20.3. The number of pyridine rings is 1. The van der Waals surface area contributed by atoms with E-state index < -0.39 is 0 Å². The van der Waals surface area contributed by atoms with Crippen LogP contribution in [0.5, 0.6) is 0 Å². The Labute approximate surface area is 346 Å². The molecule has 0 fully saturated rings. The zero-order valence-corrected chi connectivity index (χ0v) is 32.4. The Kier molecular flexibility index (Phi) is 7.82. The lowest BCUT2D eigenvalue weighted by Gasteiger charge is -2.17. The van der Waals surface area contributed by atoms with E-state index in [0.717, 1.165) is 44.2 Å². The molecule has 10 aromatic carbocycles. The molecular formula is C56H34N4. The molecular weight excluding hydrogens is 729 g/mol. The fourth-order valence-corrected chi connectivity index (χ4v) is 9.06. The molecule has 0 radical (unpaired) electrons. The van der Waals surface area contributed by atoms with E-state index >= 15 is 0 Å². The van der Waals surface area contributed by atoms with Crippen LogP contribution in [0, 0.1) is 0 Å². The van der Waals surface area contributed by atoms with Crippen LogP contribution in [0.1, 0.15) is 0 Å². The molecule has 2 aromatic heterocycles. The first-order chi connectivity index (χ1) is 29.7. The highest BCUT2D eigenvalue weighted by molar-refractivity contribution is 6.28. The Bertz CT molecular complexity index is 3540. The van der Waals surface area contributed by atoms with Crippen molar-refractivity contribution in [3.05, 3.63) is 206 Å². The fourth-order valence-electron chi connectivity index (χ4n) is 9.06. The molecule has 0 N–H and O–H groups in total. The molecule has 0 aliphatic carbocycles. The monoisotopic (exact) mass is 762 g/mol. The molecule has 2 heterocycles. The topological polar surface area (TPSA) is 51.6 Å². The van der Waals surface area contributed by atoms with Crippen LogP contribution in [0.3, 0.4) is 0 Å². The third-order valence-electron chi connectivity index (χ3n) is 11.9. The van der Waals surface area contributed by atoms with E-state index in [0.29, 0.717) is 17.5 Å². The molecule has 0 aliphatic rings. The quantitative estimate of drug-likeness (QED) is 0.164. The van der Waals surface area contributed by atoms with E-state index in [1.807, 2.05) is 60.7 Å². The van der Waals surface area contributed by atoms with Gasteiger partial charge in [-0.25, -0.2) is 19.9 Å². The van der Waals surface area contributed by atoms with Gasteiger partial charge in [-0.3, -0.25) is 0 Å². The van der Waals surface area contributed by atoms with Gasteiger partial charge in [-0.1, -0.05) is 188 Å². The first kappa shape index (κ1) is 34.0. The van der Waals surface area contributed by atoms with E-state index in [1.165, 1.54) is 59.6 Å². The lowest BCUT2D eigenvalue weighted by atomic mass is 9.88. The normalized spacial score (nSPS) is 11.7. The van der Waals surface area contributed by atoms with E-state index in [-0.39, 0.29) is 0 Å². The summed E-state index contributed by atoms with van der Waals surface area (Å²) in [6.07, 6.45) is 0. The molecule has 0 saturated carbocycles. The summed E-state index contributed by atoms with van der Waals surface area (Å²) in [5.41, 5.74) is 8.06. The van der Waals surface area contributed by atoms with E-state index in [1.54, 1.807) is 0 Å². The van der Waals surface area contributed by atoms with E-state index in [2.05, 4.69) is 146 Å². The molecule has 0 spiro atoms. The Hall–Kier alpha value is -8.08. The standard InChI is InChI=1S/C56H34N4/c1-3-15-36(16-4-1)54-58-55(37-17-5-2-6-18-37)60-56(59-54)38-29-27-35(28-30-38)53-50-34-48(44-23-11-12-24-46(44)52(50)47-25-13-14-26-51(47)57-53)39-31-32-45-42-21-8-7-19-40(42)41-20-9-10-22-43(41)49(45)33-39/h1-34H. The van der Waals surface area contributed by atoms with Gasteiger partial charge in [0.1, 0.15) is 0 Å². The van der Waals surface area contributed by atoms with Crippen molar-refractivity contribution in [2.75, 3.05) is 0 Å². The maximum absolute atomic E-state index is 5.41. The van der Waals surface area contributed by atoms with Gasteiger partial charge in [0.2, 0.25) is 0 Å². The fraction of sp³-hybridized carbons (Fsp3) is 0. The zero-order chi connectivity index (χ0) is 39.6. The molecule has 0 bridgehead atoms. The molecule has 0 unspecified atom stereocenters. The van der Waals surface area contributed by atoms with Gasteiger partial charge in [0.15, 0.2) is 17.5 Å². The van der Waals surface area contributed by atoms with Crippen LogP contribution < -0.4 is 0 Å². The zero-order valence-electron chi connectivity index (χ0n) is 32.4. The van der Waals surface area contributed by atoms with Crippen molar-refractivity contribution in [2.24, 2.45) is 0 Å². The van der Waals surface area contributed by atoms with E-state index in [9.17, 15) is 0 Å². The number of nitrogens with zero attached hydrogens (tertiary/aromatic N) is 4. The number of hydrogen-bond acceptors (Lipinski definition) is 4. The van der Waals surface area contributed by atoms with Crippen molar-refractivity contribution in [1.29, 1.82) is 0 Å². The molecule has 0 saturated heterocycles. The minimum absolute atomic E-state index is 0.621. The average molecular weight is 763 g/mol. The van der Waals surface area contributed by atoms with Crippen LogP contribution in [0.2, 0.25) is 0 Å². The second kappa shape index (κ2) is 13.8. The van der Waals surface area contributed by atoms with Crippen molar-refractivity contribution < 1.29 is 0 Å². The van der Waals surface area contributed by atoms with Gasteiger partial charge < -0.3 is 0 Å². The average Bonchev–Trinajstić information content (AvgIpc) is 3.33. The van der Waals surface area contributed by atoms with Crippen molar-refractivity contribution in [2.45, 2.75) is 0 Å². The molecule has 4 nitrogen and oxygen atoms in total. The number of rotatable bonds is 5. The van der Waals surface area contributed by atoms with Crippen molar-refractivity contribution >= 4 is 64.8 Å². The van der Waals surface area contributed by atoms with Crippen molar-refractivity contribution in [1.82, 2.24) is 19.9 Å². The van der Waals surface area contributed by atoms with Gasteiger partial charge in [0.25, 0.3) is 0 Å². The highest BCUT2D eigenvalue weighted by Crippen LogP contribution is 2.44. The van der Waals surface area contributed by atoms with Gasteiger partial charge in [0.05, 0.1) is 11.2 Å². The van der Waals surface area contributed by atoms with Crippen LogP contribution >= 0.6 is 0 Å². The summed E-state index contributed by atoms with van der Waals surface area (Å²) in [5, 5.41) is 13.5. The van der Waals surface area contributed by atoms with Gasteiger partial charge in [-0.15, -0.1) is 0 Å². The highest BCUT2D eigenvalue weighted by atomic mass is 15.0. The summed E-state index contributed by atoms with van der Waals surface area (Å²) in [5.74, 6) is 1.90. The highest BCUT2D eigenvalue weighted by Gasteiger charge is 2.19. The second-order valence-corrected chi connectivity index (χ2v) is 15.3. The first-order valence-corrected chi connectivity index (χ1v) is 20.3. The maximum atomic E-state index is 5.41. The number of hydrogen-bond donors (Lipinski definition) is 0. The van der Waals surface area contributed by atoms with Crippen molar-refractivity contribution in [3.8, 4) is 56.5 Å². The van der Waals surface area contributed by atoms with Crippen LogP contribution in [-0.4, -0.2) is 19.9 Å². The summed E-state index contributed by atoms with van der Waals surface area (Å²) in [6.45, 7) is 0. The van der Waals surface area contributed by atoms with Gasteiger partial charge in [0, 0.05) is 38.4 Å². The molecule has 12 rings (SSSR count). The predicted molar refractivity (Wildman–Crippen MR) is 250 cm³/mol. The molecule has 0 aliphatic heterocycles. The van der Waals surface area contributed by atoms with Crippen LogP contribution in [0.15, 0.2) is 206 Å². The lowest BCUT2D eigenvalue weighted by Crippen LogP contribution is -2.00. The molecule has 278 valence electrons. The maximum Gasteiger partial charge on any atom is 0.164 e. The molecule has 0 atom stereocenters. The third-order valence-corrected chi connectivity index (χ3v) is 11.9. The van der Waals surface area contributed by atoms with Crippen molar-refractivity contribution in [3.63, 3.8) is 0 Å². The molecule has 4 heteroatoms. The summed E-state index contributed by atoms with van der Waals surface area (Å²) < 4.78 is 0. The van der Waals surface area contributed by atoms with Gasteiger partial charge in [-0.2, -0.15) is 0 Å². The number of aromatic nitrogens is 4. The minimum Gasteiger partial charge on any atom is -0.247 e.